The average Bonchev–Trinajstić information content (AvgIpc) is 2.73. The number of H-pyrrole nitrogens is 1. The van der Waals surface area contributed by atoms with Crippen LogP contribution in [-0.4, -0.2) is 56.7 Å². The molecule has 5 unspecified atom stereocenters. The number of nitrogens with two attached hydrogens (primary N) is 1. The molecule has 0 spiro atoms. The third-order valence-corrected chi connectivity index (χ3v) is 5.78. The number of nitrogens with one attached hydrogen (secondary N) is 2. The number of aliphatic hydroxyl groups excluding tert-OH is 3. The van der Waals surface area contributed by atoms with E-state index in [1.54, 1.807) is 6.07 Å². The Morgan fingerprint density at radius 3 is 2.52 bits per heavy atom. The number of halogens is 3. The van der Waals surface area contributed by atoms with E-state index >= 15 is 0 Å². The molecule has 3 rings (SSSR count). The minimum absolute atomic E-state index is 0.159. The van der Waals surface area contributed by atoms with Gasteiger partial charge in [0.2, 0.25) is 5.56 Å². The van der Waals surface area contributed by atoms with Gasteiger partial charge in [0.05, 0.1) is 18.3 Å². The second-order valence-electron chi connectivity index (χ2n) is 6.76. The van der Waals surface area contributed by atoms with Crippen molar-refractivity contribution in [3.8, 4) is 0 Å². The number of hydrogen-bond acceptors (Lipinski definition) is 8. The molecule has 0 saturated carbocycles. The van der Waals surface area contributed by atoms with Gasteiger partial charge in [-0.3, -0.25) is 4.79 Å². The van der Waals surface area contributed by atoms with Crippen LogP contribution >= 0.6 is 11.8 Å². The highest BCUT2D eigenvalue weighted by Gasteiger charge is 2.44. The number of pyridine rings is 1. The molecule has 1 aliphatic rings. The first-order chi connectivity index (χ1) is 14.7. The lowest BCUT2D eigenvalue weighted by molar-refractivity contribution is -0.164. The van der Waals surface area contributed by atoms with Gasteiger partial charge in [0.25, 0.3) is 0 Å². The minimum Gasteiger partial charge on any atom is -0.397 e. The van der Waals surface area contributed by atoms with E-state index in [1.807, 2.05) is 0 Å². The molecule has 12 heteroatoms. The Morgan fingerprint density at radius 1 is 1.23 bits per heavy atom. The first-order valence-electron chi connectivity index (χ1n) is 9.05. The summed E-state index contributed by atoms with van der Waals surface area (Å²) in [6.07, 6.45) is -1.28. The van der Waals surface area contributed by atoms with E-state index in [-0.39, 0.29) is 16.8 Å². The van der Waals surface area contributed by atoms with Crippen LogP contribution in [-0.2, 0) is 4.74 Å². The number of thioether (sulfide) groups is 1. The molecule has 5 atom stereocenters. The quantitative estimate of drug-likeness (QED) is 0.338. The topological polar surface area (TPSA) is 141 Å². The fourth-order valence-electron chi connectivity index (χ4n) is 3.01. The molecule has 7 N–H and O–H groups in total. The van der Waals surface area contributed by atoms with Gasteiger partial charge in [-0.05, 0) is 18.2 Å². The zero-order valence-corrected chi connectivity index (χ0v) is 16.7. The zero-order valence-electron chi connectivity index (χ0n) is 15.8. The van der Waals surface area contributed by atoms with Crippen molar-refractivity contribution >= 4 is 17.5 Å². The van der Waals surface area contributed by atoms with Crippen molar-refractivity contribution in [2.75, 3.05) is 6.61 Å². The molecule has 1 aliphatic heterocycles. The summed E-state index contributed by atoms with van der Waals surface area (Å²) in [4.78, 5) is 14.4. The summed E-state index contributed by atoms with van der Waals surface area (Å²) >= 11 is 1.00. The van der Waals surface area contributed by atoms with Crippen LogP contribution in [0.4, 0.5) is 13.2 Å². The molecule has 1 fully saturated rings. The molecule has 0 amide bonds. The minimum atomic E-state index is -1.63. The van der Waals surface area contributed by atoms with E-state index in [1.165, 1.54) is 12.3 Å². The molecule has 2 aromatic rings. The van der Waals surface area contributed by atoms with Crippen LogP contribution in [0.3, 0.4) is 0 Å². The molecule has 0 bridgehead atoms. The number of ether oxygens (including phenoxy) is 1. The van der Waals surface area contributed by atoms with Crippen LogP contribution in [0.15, 0.2) is 46.4 Å². The van der Waals surface area contributed by atoms with Gasteiger partial charge in [-0.15, -0.1) is 0 Å². The van der Waals surface area contributed by atoms with Crippen molar-refractivity contribution in [2.45, 2.75) is 34.7 Å². The van der Waals surface area contributed by atoms with E-state index in [0.717, 1.165) is 18.0 Å². The number of hydrogen-bond donors (Lipinski definition) is 6. The highest BCUT2D eigenvalue weighted by atomic mass is 32.2. The van der Waals surface area contributed by atoms with Crippen LogP contribution in [0, 0.1) is 17.5 Å². The Bertz CT molecular complexity index is 998. The standard InChI is InChI=1S/C19H20F3N3O5S/c20-10-3-8(4-11(21)15(10)22)12(23)6-25-16-17(28)13(7-26)30-19(18(16)29)31-9-1-2-24-14(27)5-9/h1-6,13,16-19,25-26,28-29H,7,23H2,(H,24,27)/b12-6-. The third-order valence-electron chi connectivity index (χ3n) is 4.63. The van der Waals surface area contributed by atoms with Gasteiger partial charge in [-0.25, -0.2) is 13.2 Å². The SMILES string of the molecule is N/C(=C\NC1C(O)C(CO)OC(Sc2cc[nH]c(=O)c2)C1O)c1cc(F)c(F)c(F)c1. The zero-order chi connectivity index (χ0) is 22.7. The van der Waals surface area contributed by atoms with Crippen LogP contribution in [0.1, 0.15) is 5.56 Å². The van der Waals surface area contributed by atoms with Crippen molar-refractivity contribution < 1.29 is 33.2 Å². The Hall–Kier alpha value is -2.51. The molecule has 168 valence electrons. The van der Waals surface area contributed by atoms with Gasteiger partial charge < -0.3 is 36.1 Å². The van der Waals surface area contributed by atoms with Gasteiger partial charge in [0.1, 0.15) is 23.7 Å². The summed E-state index contributed by atoms with van der Waals surface area (Å²) in [6, 6.07) is 3.17. The molecule has 1 aromatic carbocycles. The maximum Gasteiger partial charge on any atom is 0.249 e. The molecule has 0 radical (unpaired) electrons. The Balaban J connectivity index is 1.80. The molecule has 0 aliphatic carbocycles. The number of benzene rings is 1. The molecule has 1 aromatic heterocycles. The van der Waals surface area contributed by atoms with Crippen molar-refractivity contribution in [1.82, 2.24) is 10.3 Å². The van der Waals surface area contributed by atoms with Gasteiger partial charge in [-0.1, -0.05) is 11.8 Å². The van der Waals surface area contributed by atoms with Crippen molar-refractivity contribution in [1.29, 1.82) is 0 Å². The van der Waals surface area contributed by atoms with Gasteiger partial charge >= 0.3 is 0 Å². The second-order valence-corrected chi connectivity index (χ2v) is 7.93. The van der Waals surface area contributed by atoms with E-state index in [9.17, 15) is 33.3 Å². The van der Waals surface area contributed by atoms with Gasteiger partial charge in [0, 0.05) is 28.9 Å². The smallest absolute Gasteiger partial charge is 0.249 e. The maximum absolute atomic E-state index is 13.4. The van der Waals surface area contributed by atoms with Crippen LogP contribution < -0.4 is 16.6 Å². The van der Waals surface area contributed by atoms with Crippen molar-refractivity contribution in [3.05, 3.63) is 70.0 Å². The van der Waals surface area contributed by atoms with E-state index in [2.05, 4.69) is 10.3 Å². The lowest BCUT2D eigenvalue weighted by Gasteiger charge is -2.42. The summed E-state index contributed by atoms with van der Waals surface area (Å²) in [7, 11) is 0. The summed E-state index contributed by atoms with van der Waals surface area (Å²) in [5.74, 6) is -4.48. The van der Waals surface area contributed by atoms with Gasteiger partial charge in [0.15, 0.2) is 17.5 Å². The summed E-state index contributed by atoms with van der Waals surface area (Å²) in [6.45, 7) is -0.563. The fraction of sp³-hybridized carbons (Fsp3) is 0.316. The third kappa shape index (κ3) is 5.22. The maximum atomic E-state index is 13.4. The first-order valence-corrected chi connectivity index (χ1v) is 9.93. The Kier molecular flexibility index (Phi) is 7.28. The van der Waals surface area contributed by atoms with E-state index < -0.39 is 53.8 Å². The highest BCUT2D eigenvalue weighted by molar-refractivity contribution is 7.99. The van der Waals surface area contributed by atoms with Crippen LogP contribution in [0.25, 0.3) is 5.70 Å². The van der Waals surface area contributed by atoms with Crippen LogP contribution in [0.5, 0.6) is 0 Å². The predicted octanol–water partition coefficient (Wildman–Crippen LogP) is 0.239. The molecule has 31 heavy (non-hydrogen) atoms. The fourth-order valence-corrected chi connectivity index (χ4v) is 4.10. The molecule has 8 nitrogen and oxygen atoms in total. The number of aromatic amines is 1. The van der Waals surface area contributed by atoms with E-state index in [4.69, 9.17) is 10.5 Å². The lowest BCUT2D eigenvalue weighted by atomic mass is 9.97. The van der Waals surface area contributed by atoms with Gasteiger partial charge in [-0.2, -0.15) is 0 Å². The Morgan fingerprint density at radius 2 is 1.90 bits per heavy atom. The number of aliphatic hydroxyl groups is 3. The summed E-state index contributed by atoms with van der Waals surface area (Å²) in [5.41, 5.74) is 4.10. The van der Waals surface area contributed by atoms with Crippen molar-refractivity contribution in [3.63, 3.8) is 0 Å². The highest BCUT2D eigenvalue weighted by Crippen LogP contribution is 2.33. The first kappa shape index (κ1) is 23.2. The van der Waals surface area contributed by atoms with Crippen LogP contribution in [0.2, 0.25) is 0 Å². The summed E-state index contributed by atoms with van der Waals surface area (Å²) in [5, 5.41) is 33.3. The number of aromatic nitrogens is 1. The average molecular weight is 459 g/mol. The second kappa shape index (κ2) is 9.75. The summed E-state index contributed by atoms with van der Waals surface area (Å²) < 4.78 is 45.5. The largest absolute Gasteiger partial charge is 0.397 e. The monoisotopic (exact) mass is 459 g/mol. The normalized spacial score (nSPS) is 26.6. The molecule has 2 heterocycles. The predicted molar refractivity (Wildman–Crippen MR) is 106 cm³/mol. The van der Waals surface area contributed by atoms with Crippen molar-refractivity contribution in [2.24, 2.45) is 5.73 Å². The van der Waals surface area contributed by atoms with E-state index in [0.29, 0.717) is 17.0 Å². The molecular weight excluding hydrogens is 439 g/mol. The Labute approximate surface area is 178 Å². The number of rotatable bonds is 6. The lowest BCUT2D eigenvalue weighted by Crippen LogP contribution is -2.62. The molecular formula is C19H20F3N3O5S. The molecule has 1 saturated heterocycles.